The van der Waals surface area contributed by atoms with Gasteiger partial charge in [-0.1, -0.05) is 0 Å². The van der Waals surface area contributed by atoms with Crippen molar-refractivity contribution in [1.29, 1.82) is 0 Å². The summed E-state index contributed by atoms with van der Waals surface area (Å²) in [5.41, 5.74) is 7.53. The number of furan rings is 1. The Hall–Kier alpha value is -0.840. The molecule has 20 heavy (non-hydrogen) atoms. The van der Waals surface area contributed by atoms with Crippen LogP contribution < -0.4 is 5.73 Å². The molecule has 1 aliphatic rings. The first-order valence-electron chi connectivity index (χ1n) is 7.74. The van der Waals surface area contributed by atoms with Gasteiger partial charge >= 0.3 is 0 Å². The van der Waals surface area contributed by atoms with Crippen LogP contribution in [0.4, 0.5) is 0 Å². The molecule has 1 aliphatic heterocycles. The lowest BCUT2D eigenvalue weighted by molar-refractivity contribution is 0.0972. The minimum absolute atomic E-state index is 0.126. The lowest BCUT2D eigenvalue weighted by Gasteiger charge is -2.41. The highest BCUT2D eigenvalue weighted by molar-refractivity contribution is 5.07. The standard InChI is InChI=1S/C16H29N3O/c1-14(2)19-8-4-6-16(13-17,7-9-19)18(3)11-15-5-10-20-12-15/h5,10,12,14H,4,6-9,11,13,17H2,1-3H3. The largest absolute Gasteiger partial charge is 0.472 e. The third kappa shape index (κ3) is 3.43. The van der Waals surface area contributed by atoms with Crippen LogP contribution in [0.3, 0.4) is 0 Å². The number of nitrogens with two attached hydrogens (primary N) is 1. The fraction of sp³-hybridized carbons (Fsp3) is 0.750. The molecule has 2 heterocycles. The lowest BCUT2D eigenvalue weighted by atomic mass is 9.88. The van der Waals surface area contributed by atoms with E-state index in [1.807, 2.05) is 12.3 Å². The van der Waals surface area contributed by atoms with E-state index >= 15 is 0 Å². The van der Waals surface area contributed by atoms with Crippen molar-refractivity contribution in [2.75, 3.05) is 26.7 Å². The smallest absolute Gasteiger partial charge is 0.0947 e. The minimum atomic E-state index is 0.126. The maximum Gasteiger partial charge on any atom is 0.0947 e. The number of hydrogen-bond donors (Lipinski definition) is 1. The highest BCUT2D eigenvalue weighted by Crippen LogP contribution is 2.29. The van der Waals surface area contributed by atoms with Gasteiger partial charge in [0.15, 0.2) is 0 Å². The second-order valence-corrected chi connectivity index (χ2v) is 6.40. The summed E-state index contributed by atoms with van der Waals surface area (Å²) < 4.78 is 5.18. The van der Waals surface area contributed by atoms with Crippen LogP contribution in [0, 0.1) is 0 Å². The predicted molar refractivity (Wildman–Crippen MR) is 82.5 cm³/mol. The highest BCUT2D eigenvalue weighted by Gasteiger charge is 2.35. The van der Waals surface area contributed by atoms with Gasteiger partial charge in [0, 0.05) is 36.8 Å². The Morgan fingerprint density at radius 1 is 1.40 bits per heavy atom. The highest BCUT2D eigenvalue weighted by atomic mass is 16.3. The number of nitrogens with zero attached hydrogens (tertiary/aromatic N) is 2. The summed E-state index contributed by atoms with van der Waals surface area (Å²) in [6.07, 6.45) is 7.13. The summed E-state index contributed by atoms with van der Waals surface area (Å²) in [6.45, 7) is 8.54. The van der Waals surface area contributed by atoms with Gasteiger partial charge in [-0.25, -0.2) is 0 Å². The number of likely N-dealkylation sites (tertiary alicyclic amines) is 1. The molecule has 2 N–H and O–H groups in total. The summed E-state index contributed by atoms with van der Waals surface area (Å²) in [6, 6.07) is 2.67. The zero-order chi connectivity index (χ0) is 14.6. The SMILES string of the molecule is CC(C)N1CCCC(CN)(N(C)Cc2ccoc2)CC1. The maximum atomic E-state index is 6.18. The number of hydrogen-bond acceptors (Lipinski definition) is 4. The van der Waals surface area contributed by atoms with E-state index in [0.29, 0.717) is 6.04 Å². The Morgan fingerprint density at radius 3 is 2.80 bits per heavy atom. The molecule has 0 spiro atoms. The van der Waals surface area contributed by atoms with E-state index in [9.17, 15) is 0 Å². The van der Waals surface area contributed by atoms with Crippen molar-refractivity contribution in [2.45, 2.75) is 51.2 Å². The Morgan fingerprint density at radius 2 is 2.20 bits per heavy atom. The Bertz CT molecular complexity index is 390. The molecule has 0 aliphatic carbocycles. The van der Waals surface area contributed by atoms with Gasteiger partial charge in [0.1, 0.15) is 0 Å². The first kappa shape index (κ1) is 15.5. The van der Waals surface area contributed by atoms with Crippen LogP contribution in [0.15, 0.2) is 23.0 Å². The molecule has 1 atom stereocenters. The monoisotopic (exact) mass is 279 g/mol. The first-order valence-corrected chi connectivity index (χ1v) is 7.74. The first-order chi connectivity index (χ1) is 9.57. The Labute approximate surface area is 122 Å². The van der Waals surface area contributed by atoms with E-state index < -0.39 is 0 Å². The van der Waals surface area contributed by atoms with E-state index in [1.54, 1.807) is 6.26 Å². The van der Waals surface area contributed by atoms with Crippen molar-refractivity contribution in [2.24, 2.45) is 5.73 Å². The van der Waals surface area contributed by atoms with Gasteiger partial charge in [-0.15, -0.1) is 0 Å². The fourth-order valence-corrected chi connectivity index (χ4v) is 3.28. The molecule has 114 valence electrons. The van der Waals surface area contributed by atoms with Gasteiger partial charge in [0.25, 0.3) is 0 Å². The van der Waals surface area contributed by atoms with Gasteiger partial charge in [-0.2, -0.15) is 0 Å². The number of likely N-dealkylation sites (N-methyl/N-ethyl adjacent to an activating group) is 1. The third-order valence-corrected chi connectivity index (χ3v) is 4.87. The van der Waals surface area contributed by atoms with E-state index in [4.69, 9.17) is 10.2 Å². The van der Waals surface area contributed by atoms with E-state index in [1.165, 1.54) is 24.9 Å². The van der Waals surface area contributed by atoms with Gasteiger partial charge in [-0.3, -0.25) is 4.90 Å². The summed E-state index contributed by atoms with van der Waals surface area (Å²) in [7, 11) is 2.20. The van der Waals surface area contributed by atoms with Crippen LogP contribution in [0.2, 0.25) is 0 Å². The van der Waals surface area contributed by atoms with Crippen LogP contribution in [-0.2, 0) is 6.54 Å². The van der Waals surface area contributed by atoms with Gasteiger partial charge < -0.3 is 15.1 Å². The van der Waals surface area contributed by atoms with Crippen molar-refractivity contribution < 1.29 is 4.42 Å². The second-order valence-electron chi connectivity index (χ2n) is 6.40. The van der Waals surface area contributed by atoms with Crippen molar-refractivity contribution in [3.8, 4) is 0 Å². The van der Waals surface area contributed by atoms with Gasteiger partial charge in [-0.05, 0) is 52.8 Å². The lowest BCUT2D eigenvalue weighted by Crippen LogP contribution is -2.52. The van der Waals surface area contributed by atoms with Crippen LogP contribution in [-0.4, -0.2) is 48.1 Å². The van der Waals surface area contributed by atoms with Crippen LogP contribution in [0.5, 0.6) is 0 Å². The van der Waals surface area contributed by atoms with E-state index in [0.717, 1.165) is 26.1 Å². The molecular weight excluding hydrogens is 250 g/mol. The predicted octanol–water partition coefficient (Wildman–Crippen LogP) is 2.30. The molecular formula is C16H29N3O. The molecule has 0 amide bonds. The average molecular weight is 279 g/mol. The zero-order valence-corrected chi connectivity index (χ0v) is 13.1. The summed E-state index contributed by atoms with van der Waals surface area (Å²) in [4.78, 5) is 5.00. The quantitative estimate of drug-likeness (QED) is 0.898. The molecule has 1 unspecified atom stereocenters. The topological polar surface area (TPSA) is 45.6 Å². The Kier molecular flexibility index (Phi) is 5.24. The summed E-state index contributed by atoms with van der Waals surface area (Å²) in [5, 5.41) is 0. The molecule has 4 heteroatoms. The molecule has 1 aromatic rings. The molecule has 2 rings (SSSR count). The summed E-state index contributed by atoms with van der Waals surface area (Å²) in [5.74, 6) is 0. The van der Waals surface area contributed by atoms with Crippen molar-refractivity contribution in [3.63, 3.8) is 0 Å². The normalized spacial score (nSPS) is 25.3. The van der Waals surface area contributed by atoms with Crippen LogP contribution in [0.25, 0.3) is 0 Å². The number of rotatable bonds is 5. The molecule has 1 saturated heterocycles. The minimum Gasteiger partial charge on any atom is -0.472 e. The molecule has 1 aromatic heterocycles. The van der Waals surface area contributed by atoms with Gasteiger partial charge in [0.05, 0.1) is 12.5 Å². The Balaban J connectivity index is 2.04. The second kappa shape index (κ2) is 6.74. The third-order valence-electron chi connectivity index (χ3n) is 4.87. The van der Waals surface area contributed by atoms with Gasteiger partial charge in [0.2, 0.25) is 0 Å². The van der Waals surface area contributed by atoms with E-state index in [-0.39, 0.29) is 5.54 Å². The average Bonchev–Trinajstić information content (AvgIpc) is 2.82. The van der Waals surface area contributed by atoms with Crippen molar-refractivity contribution in [1.82, 2.24) is 9.80 Å². The van der Waals surface area contributed by atoms with Crippen molar-refractivity contribution >= 4 is 0 Å². The van der Waals surface area contributed by atoms with Crippen LogP contribution in [0.1, 0.15) is 38.7 Å². The maximum absolute atomic E-state index is 6.18. The molecule has 4 nitrogen and oxygen atoms in total. The fourth-order valence-electron chi connectivity index (χ4n) is 3.28. The summed E-state index contributed by atoms with van der Waals surface area (Å²) >= 11 is 0. The molecule has 1 fully saturated rings. The van der Waals surface area contributed by atoms with E-state index in [2.05, 4.69) is 30.7 Å². The molecule has 0 saturated carbocycles. The zero-order valence-electron chi connectivity index (χ0n) is 13.1. The van der Waals surface area contributed by atoms with Crippen LogP contribution >= 0.6 is 0 Å². The molecule has 0 bridgehead atoms. The molecule has 0 aromatic carbocycles. The van der Waals surface area contributed by atoms with Crippen molar-refractivity contribution in [3.05, 3.63) is 24.2 Å². The molecule has 0 radical (unpaired) electrons.